The molecule has 1 heterocycles. The van der Waals surface area contributed by atoms with Crippen molar-refractivity contribution in [3.8, 4) is 11.5 Å². The lowest BCUT2D eigenvalue weighted by Gasteiger charge is -2.09. The second kappa shape index (κ2) is 9.65. The summed E-state index contributed by atoms with van der Waals surface area (Å²) in [4.78, 5) is 12.1. The third kappa shape index (κ3) is 5.32. The summed E-state index contributed by atoms with van der Waals surface area (Å²) >= 11 is 0.779. The van der Waals surface area contributed by atoms with Crippen molar-refractivity contribution in [2.24, 2.45) is 0 Å². The normalized spacial score (nSPS) is 11.1. The molecular weight excluding hydrogens is 428 g/mol. The van der Waals surface area contributed by atoms with Crippen molar-refractivity contribution in [1.82, 2.24) is 14.9 Å². The topological polar surface area (TPSA) is 120 Å². The van der Waals surface area contributed by atoms with Gasteiger partial charge in [-0.15, -0.1) is 10.2 Å². The first-order valence-corrected chi connectivity index (χ1v) is 11.1. The van der Waals surface area contributed by atoms with Gasteiger partial charge in [0.2, 0.25) is 9.47 Å². The number of methoxy groups -OCH3 is 2. The number of nitrogens with zero attached hydrogens (tertiary/aromatic N) is 2. The van der Waals surface area contributed by atoms with Crippen LogP contribution < -0.4 is 19.5 Å². The van der Waals surface area contributed by atoms with E-state index in [1.165, 1.54) is 7.11 Å². The van der Waals surface area contributed by atoms with Gasteiger partial charge in [-0.1, -0.05) is 35.6 Å². The zero-order valence-electron chi connectivity index (χ0n) is 16.3. The molecule has 0 saturated heterocycles. The van der Waals surface area contributed by atoms with Gasteiger partial charge in [0.1, 0.15) is 0 Å². The molecule has 2 N–H and O–H groups in total. The number of anilines is 1. The van der Waals surface area contributed by atoms with Crippen molar-refractivity contribution in [3.05, 3.63) is 59.7 Å². The molecule has 30 heavy (non-hydrogen) atoms. The number of hydrogen-bond donors (Lipinski definition) is 2. The number of aromatic nitrogens is 2. The molecule has 0 atom stereocenters. The minimum absolute atomic E-state index is 0.101. The molecule has 0 fully saturated rings. The Morgan fingerprint density at radius 1 is 1.03 bits per heavy atom. The number of sulfonamides is 1. The smallest absolute Gasteiger partial charge is 0.269 e. The van der Waals surface area contributed by atoms with Gasteiger partial charge in [-0.2, -0.15) is 0 Å². The Hall–Kier alpha value is -3.02. The third-order valence-electron chi connectivity index (χ3n) is 4.05. The highest BCUT2D eigenvalue weighted by molar-refractivity contribution is 7.91. The molecule has 0 spiro atoms. The number of hydrogen-bond acceptors (Lipinski definition) is 8. The average Bonchev–Trinajstić information content (AvgIpc) is 3.23. The van der Waals surface area contributed by atoms with Crippen molar-refractivity contribution in [1.29, 1.82) is 0 Å². The van der Waals surface area contributed by atoms with E-state index in [9.17, 15) is 13.2 Å². The number of amides is 1. The maximum absolute atomic E-state index is 12.5. The van der Waals surface area contributed by atoms with Gasteiger partial charge < -0.3 is 9.47 Å². The molecule has 3 aromatic rings. The predicted molar refractivity (Wildman–Crippen MR) is 113 cm³/mol. The van der Waals surface area contributed by atoms with Crippen LogP contribution in [-0.4, -0.2) is 45.3 Å². The van der Waals surface area contributed by atoms with Crippen LogP contribution in [0.25, 0.3) is 0 Å². The highest BCUT2D eigenvalue weighted by Gasteiger charge is 2.21. The number of benzene rings is 2. The summed E-state index contributed by atoms with van der Waals surface area (Å²) in [6.45, 7) is 0.156. The number of carbonyl (C=O) groups excluding carboxylic acids is 1. The van der Waals surface area contributed by atoms with Crippen LogP contribution >= 0.6 is 11.3 Å². The van der Waals surface area contributed by atoms with Gasteiger partial charge in [-0.05, 0) is 36.2 Å². The van der Waals surface area contributed by atoms with Crippen LogP contribution in [0.3, 0.4) is 0 Å². The number of nitrogens with one attached hydrogen (secondary N) is 2. The van der Waals surface area contributed by atoms with Gasteiger partial charge in [-0.3, -0.25) is 10.1 Å². The Morgan fingerprint density at radius 2 is 1.77 bits per heavy atom. The molecular formula is C19H20N4O5S2. The van der Waals surface area contributed by atoms with E-state index in [0.29, 0.717) is 23.5 Å². The van der Waals surface area contributed by atoms with E-state index in [4.69, 9.17) is 9.47 Å². The van der Waals surface area contributed by atoms with Gasteiger partial charge in [0.25, 0.3) is 15.9 Å². The first-order valence-electron chi connectivity index (χ1n) is 8.83. The zero-order chi connectivity index (χ0) is 21.6. The molecule has 1 aromatic heterocycles. The Morgan fingerprint density at radius 3 is 2.47 bits per heavy atom. The Bertz CT molecular complexity index is 1120. The summed E-state index contributed by atoms with van der Waals surface area (Å²) in [6, 6.07) is 13.9. The first-order chi connectivity index (χ1) is 14.4. The van der Waals surface area contributed by atoms with E-state index < -0.39 is 15.9 Å². The van der Waals surface area contributed by atoms with Crippen molar-refractivity contribution < 1.29 is 22.7 Å². The lowest BCUT2D eigenvalue weighted by Crippen LogP contribution is -2.26. The zero-order valence-corrected chi connectivity index (χ0v) is 17.9. The van der Waals surface area contributed by atoms with Crippen LogP contribution in [0.5, 0.6) is 11.5 Å². The lowest BCUT2D eigenvalue weighted by atomic mass is 10.1. The van der Waals surface area contributed by atoms with E-state index in [1.807, 2.05) is 6.07 Å². The highest BCUT2D eigenvalue weighted by atomic mass is 32.2. The van der Waals surface area contributed by atoms with Gasteiger partial charge >= 0.3 is 0 Å². The quantitative estimate of drug-likeness (QED) is 0.482. The lowest BCUT2D eigenvalue weighted by molar-refractivity contribution is 0.102. The maximum atomic E-state index is 12.5. The van der Waals surface area contributed by atoms with E-state index in [0.717, 1.165) is 16.9 Å². The van der Waals surface area contributed by atoms with E-state index in [1.54, 1.807) is 49.6 Å². The molecule has 9 nitrogen and oxygen atoms in total. The molecule has 0 aliphatic carbocycles. The van der Waals surface area contributed by atoms with Crippen molar-refractivity contribution in [2.45, 2.75) is 10.8 Å². The summed E-state index contributed by atoms with van der Waals surface area (Å²) in [5, 5.41) is 10.1. The molecule has 2 aromatic carbocycles. The molecule has 1 amide bonds. The standard InChI is InChI=1S/C19H20N4O5S2/c1-27-15-9-8-13(12-16(15)28-2)10-11-20-30(25,26)19-23-22-18(29-19)21-17(24)14-6-4-3-5-7-14/h3-9,12,20H,10-11H2,1-2H3,(H,21,22,24). The van der Waals surface area contributed by atoms with Crippen LogP contribution in [-0.2, 0) is 16.4 Å². The molecule has 158 valence electrons. The van der Waals surface area contributed by atoms with Gasteiger partial charge in [-0.25, -0.2) is 13.1 Å². The first kappa shape index (κ1) is 21.7. The molecule has 0 aliphatic heterocycles. The van der Waals surface area contributed by atoms with E-state index in [-0.39, 0.29) is 16.0 Å². The van der Waals surface area contributed by atoms with Crippen molar-refractivity contribution in [2.75, 3.05) is 26.1 Å². The number of rotatable bonds is 9. The van der Waals surface area contributed by atoms with E-state index in [2.05, 4.69) is 20.2 Å². The Labute approximate surface area is 178 Å². The maximum Gasteiger partial charge on any atom is 0.269 e. The summed E-state index contributed by atoms with van der Waals surface area (Å²) in [7, 11) is -0.769. The predicted octanol–water partition coefficient (Wildman–Crippen LogP) is 2.33. The largest absolute Gasteiger partial charge is 0.493 e. The van der Waals surface area contributed by atoms with Crippen LogP contribution in [0.1, 0.15) is 15.9 Å². The summed E-state index contributed by atoms with van der Waals surface area (Å²) in [6.07, 6.45) is 0.440. The highest BCUT2D eigenvalue weighted by Crippen LogP contribution is 2.27. The average molecular weight is 449 g/mol. The van der Waals surface area contributed by atoms with E-state index >= 15 is 0 Å². The molecule has 0 saturated carbocycles. The molecule has 0 aliphatic rings. The van der Waals surface area contributed by atoms with Gasteiger partial charge in [0.05, 0.1) is 14.2 Å². The Balaban J connectivity index is 1.59. The van der Waals surface area contributed by atoms with Gasteiger partial charge in [0, 0.05) is 12.1 Å². The second-order valence-corrected chi connectivity index (χ2v) is 8.95. The molecule has 11 heteroatoms. The fraction of sp³-hybridized carbons (Fsp3) is 0.211. The van der Waals surface area contributed by atoms with Crippen molar-refractivity contribution in [3.63, 3.8) is 0 Å². The van der Waals surface area contributed by atoms with Crippen LogP contribution in [0, 0.1) is 0 Å². The SMILES string of the molecule is COc1ccc(CCNS(=O)(=O)c2nnc(NC(=O)c3ccccc3)s2)cc1OC. The van der Waals surface area contributed by atoms with Crippen LogP contribution in [0.2, 0.25) is 0 Å². The third-order valence-corrected chi connectivity index (χ3v) is 6.71. The monoisotopic (exact) mass is 448 g/mol. The summed E-state index contributed by atoms with van der Waals surface area (Å²) in [5.41, 5.74) is 1.31. The van der Waals surface area contributed by atoms with Gasteiger partial charge in [0.15, 0.2) is 11.5 Å². The molecule has 0 bridgehead atoms. The summed E-state index contributed by atoms with van der Waals surface area (Å²) in [5.74, 6) is 0.777. The van der Waals surface area contributed by atoms with Crippen LogP contribution in [0.15, 0.2) is 52.9 Å². The Kier molecular flexibility index (Phi) is 6.98. The molecule has 0 unspecified atom stereocenters. The fourth-order valence-electron chi connectivity index (χ4n) is 2.56. The van der Waals surface area contributed by atoms with Crippen LogP contribution in [0.4, 0.5) is 5.13 Å². The molecule has 3 rings (SSSR count). The minimum atomic E-state index is -3.85. The minimum Gasteiger partial charge on any atom is -0.493 e. The summed E-state index contributed by atoms with van der Waals surface area (Å²) < 4.78 is 37.6. The number of carbonyl (C=O) groups is 1. The second-order valence-electron chi connectivity index (χ2n) is 6.03. The van der Waals surface area contributed by atoms with Crippen molar-refractivity contribution >= 4 is 32.4 Å². The molecule has 0 radical (unpaired) electrons. The number of ether oxygens (including phenoxy) is 2. The fourth-order valence-corrected chi connectivity index (χ4v) is 4.52.